The molecular weight excluding hydrogens is 252 g/mol. The lowest BCUT2D eigenvalue weighted by molar-refractivity contribution is 0.459. The van der Waals surface area contributed by atoms with Gasteiger partial charge in [-0.2, -0.15) is 0 Å². The minimum atomic E-state index is -0.217. The molecule has 0 saturated carbocycles. The molecule has 4 heteroatoms. The smallest absolute Gasteiger partial charge is 0.254 e. The fraction of sp³-hybridized carbons (Fsp3) is 0.375. The number of H-pyrrole nitrogens is 1. The maximum absolute atomic E-state index is 11.2. The summed E-state index contributed by atoms with van der Waals surface area (Å²) in [5, 5.41) is 0. The Morgan fingerprint density at radius 3 is 2.80 bits per heavy atom. The van der Waals surface area contributed by atoms with Crippen LogP contribution >= 0.6 is 0 Å². The van der Waals surface area contributed by atoms with Crippen LogP contribution < -0.4 is 10.3 Å². The van der Waals surface area contributed by atoms with Gasteiger partial charge in [-0.15, -0.1) is 0 Å². The molecule has 0 saturated heterocycles. The predicted octanol–water partition coefficient (Wildman–Crippen LogP) is 3.60. The van der Waals surface area contributed by atoms with E-state index in [0.29, 0.717) is 5.88 Å². The van der Waals surface area contributed by atoms with Gasteiger partial charge in [0.05, 0.1) is 12.4 Å². The summed E-state index contributed by atoms with van der Waals surface area (Å²) in [4.78, 5) is 17.7. The molecule has 0 aliphatic carbocycles. The van der Waals surface area contributed by atoms with Gasteiger partial charge in [-0.05, 0) is 43.0 Å². The Morgan fingerprint density at radius 1 is 1.20 bits per heavy atom. The van der Waals surface area contributed by atoms with Crippen LogP contribution in [0.5, 0.6) is 11.6 Å². The standard InChI is InChI=1S/C16H20N2O2/c1-3-4-5-6-13-7-12(2)8-14(9-13)20-16-10-15(19)17-11-18-16/h7-11H,3-6H2,1-2H3,(H,17,18,19). The van der Waals surface area contributed by atoms with E-state index in [4.69, 9.17) is 4.74 Å². The van der Waals surface area contributed by atoms with Crippen molar-refractivity contribution in [2.24, 2.45) is 0 Å². The second-order valence-corrected chi connectivity index (χ2v) is 4.96. The third kappa shape index (κ3) is 4.23. The quantitative estimate of drug-likeness (QED) is 0.817. The van der Waals surface area contributed by atoms with Gasteiger partial charge in [0.1, 0.15) is 5.75 Å². The van der Waals surface area contributed by atoms with Crippen LogP contribution in [0.15, 0.2) is 35.4 Å². The first-order valence-corrected chi connectivity index (χ1v) is 7.00. The molecule has 2 aromatic rings. The number of ether oxygens (including phenoxy) is 1. The van der Waals surface area contributed by atoms with E-state index >= 15 is 0 Å². The van der Waals surface area contributed by atoms with E-state index in [1.807, 2.05) is 19.1 Å². The van der Waals surface area contributed by atoms with Crippen LogP contribution in [0.1, 0.15) is 37.3 Å². The number of nitrogens with one attached hydrogen (secondary N) is 1. The molecule has 4 nitrogen and oxygen atoms in total. The molecule has 0 bridgehead atoms. The zero-order valence-electron chi connectivity index (χ0n) is 12.0. The van der Waals surface area contributed by atoms with Gasteiger partial charge in [0.15, 0.2) is 0 Å². The molecule has 1 heterocycles. The summed E-state index contributed by atoms with van der Waals surface area (Å²) in [5.74, 6) is 1.05. The van der Waals surface area contributed by atoms with Gasteiger partial charge in [-0.3, -0.25) is 4.79 Å². The van der Waals surface area contributed by atoms with E-state index in [-0.39, 0.29) is 5.56 Å². The number of nitrogens with zero attached hydrogens (tertiary/aromatic N) is 1. The molecule has 1 N–H and O–H groups in total. The average molecular weight is 272 g/mol. The Balaban J connectivity index is 2.13. The van der Waals surface area contributed by atoms with Gasteiger partial charge >= 0.3 is 0 Å². The minimum Gasteiger partial charge on any atom is -0.439 e. The zero-order chi connectivity index (χ0) is 14.4. The van der Waals surface area contributed by atoms with Crippen molar-refractivity contribution < 1.29 is 4.74 Å². The van der Waals surface area contributed by atoms with Crippen LogP contribution in [-0.4, -0.2) is 9.97 Å². The first-order valence-electron chi connectivity index (χ1n) is 7.00. The third-order valence-corrected chi connectivity index (χ3v) is 3.06. The van der Waals surface area contributed by atoms with E-state index in [1.165, 1.54) is 37.2 Å². The lowest BCUT2D eigenvalue weighted by atomic mass is 10.0. The molecular formula is C16H20N2O2. The highest BCUT2D eigenvalue weighted by molar-refractivity contribution is 5.35. The highest BCUT2D eigenvalue weighted by atomic mass is 16.5. The Kier molecular flexibility index (Phi) is 4.93. The van der Waals surface area contributed by atoms with Crippen LogP contribution in [0.25, 0.3) is 0 Å². The van der Waals surface area contributed by atoms with E-state index < -0.39 is 0 Å². The Labute approximate surface area is 118 Å². The van der Waals surface area contributed by atoms with E-state index in [9.17, 15) is 4.79 Å². The molecule has 0 unspecified atom stereocenters. The van der Waals surface area contributed by atoms with Gasteiger partial charge in [0.2, 0.25) is 5.88 Å². The van der Waals surface area contributed by atoms with Gasteiger partial charge < -0.3 is 9.72 Å². The Bertz CT molecular complexity index is 620. The van der Waals surface area contributed by atoms with E-state index in [0.717, 1.165) is 17.7 Å². The molecule has 0 atom stereocenters. The van der Waals surface area contributed by atoms with Gasteiger partial charge in [-0.1, -0.05) is 25.8 Å². The molecule has 20 heavy (non-hydrogen) atoms. The van der Waals surface area contributed by atoms with Crippen molar-refractivity contribution in [1.82, 2.24) is 9.97 Å². The summed E-state index contributed by atoms with van der Waals surface area (Å²) in [7, 11) is 0. The Morgan fingerprint density at radius 2 is 2.05 bits per heavy atom. The van der Waals surface area contributed by atoms with Crippen LogP contribution in [0.4, 0.5) is 0 Å². The first-order chi connectivity index (χ1) is 9.67. The normalized spacial score (nSPS) is 10.5. The summed E-state index contributed by atoms with van der Waals surface area (Å²) in [6.07, 6.45) is 6.03. The molecule has 0 amide bonds. The fourth-order valence-electron chi connectivity index (χ4n) is 2.13. The molecule has 0 aliphatic rings. The van der Waals surface area contributed by atoms with Crippen LogP contribution in [0.3, 0.4) is 0 Å². The van der Waals surface area contributed by atoms with Gasteiger partial charge in [0, 0.05) is 0 Å². The van der Waals surface area contributed by atoms with Crippen molar-refractivity contribution in [2.45, 2.75) is 39.5 Å². The molecule has 0 fully saturated rings. The minimum absolute atomic E-state index is 0.217. The lowest BCUT2D eigenvalue weighted by Crippen LogP contribution is -2.04. The van der Waals surface area contributed by atoms with E-state index in [1.54, 1.807) is 0 Å². The van der Waals surface area contributed by atoms with Gasteiger partial charge in [0.25, 0.3) is 5.56 Å². The number of aryl methyl sites for hydroxylation is 2. The van der Waals surface area contributed by atoms with Gasteiger partial charge in [-0.25, -0.2) is 4.98 Å². The second-order valence-electron chi connectivity index (χ2n) is 4.96. The highest BCUT2D eigenvalue weighted by Crippen LogP contribution is 2.22. The van der Waals surface area contributed by atoms with Crippen LogP contribution in [0.2, 0.25) is 0 Å². The van der Waals surface area contributed by atoms with E-state index in [2.05, 4.69) is 23.0 Å². The highest BCUT2D eigenvalue weighted by Gasteiger charge is 2.03. The molecule has 0 spiro atoms. The molecule has 2 rings (SSSR count). The zero-order valence-corrected chi connectivity index (χ0v) is 12.0. The number of aromatic nitrogens is 2. The summed E-state index contributed by atoms with van der Waals surface area (Å²) < 4.78 is 5.66. The Hall–Kier alpha value is -2.10. The van der Waals surface area contributed by atoms with Crippen molar-refractivity contribution in [3.63, 3.8) is 0 Å². The first kappa shape index (κ1) is 14.3. The number of hydrogen-bond donors (Lipinski definition) is 1. The number of aromatic amines is 1. The summed E-state index contributed by atoms with van der Waals surface area (Å²) in [5.41, 5.74) is 2.20. The van der Waals surface area contributed by atoms with Crippen molar-refractivity contribution in [2.75, 3.05) is 0 Å². The molecule has 0 aliphatic heterocycles. The SMILES string of the molecule is CCCCCc1cc(C)cc(Oc2cc(=O)[nH]cn2)c1. The largest absolute Gasteiger partial charge is 0.439 e. The predicted molar refractivity (Wildman–Crippen MR) is 79.3 cm³/mol. The molecule has 1 aromatic heterocycles. The van der Waals surface area contributed by atoms with Crippen LogP contribution in [0, 0.1) is 6.92 Å². The number of rotatable bonds is 6. The average Bonchev–Trinajstić information content (AvgIpc) is 2.38. The lowest BCUT2D eigenvalue weighted by Gasteiger charge is -2.08. The third-order valence-electron chi connectivity index (χ3n) is 3.06. The van der Waals surface area contributed by atoms with Crippen LogP contribution in [-0.2, 0) is 6.42 Å². The van der Waals surface area contributed by atoms with Crippen molar-refractivity contribution in [1.29, 1.82) is 0 Å². The topological polar surface area (TPSA) is 55.0 Å². The number of benzene rings is 1. The summed E-state index contributed by atoms with van der Waals surface area (Å²) >= 11 is 0. The molecule has 1 aromatic carbocycles. The maximum atomic E-state index is 11.2. The second kappa shape index (κ2) is 6.89. The molecule has 106 valence electrons. The number of hydrogen-bond acceptors (Lipinski definition) is 3. The van der Waals surface area contributed by atoms with Crippen molar-refractivity contribution in [3.8, 4) is 11.6 Å². The monoisotopic (exact) mass is 272 g/mol. The fourth-order valence-corrected chi connectivity index (χ4v) is 2.13. The summed E-state index contributed by atoms with van der Waals surface area (Å²) in [6.45, 7) is 4.24. The van der Waals surface area contributed by atoms with Crippen molar-refractivity contribution in [3.05, 3.63) is 52.1 Å². The van der Waals surface area contributed by atoms with Crippen molar-refractivity contribution >= 4 is 0 Å². The molecule has 0 radical (unpaired) electrons. The number of unbranched alkanes of at least 4 members (excludes halogenated alkanes) is 2. The summed E-state index contributed by atoms with van der Waals surface area (Å²) in [6, 6.07) is 7.49. The maximum Gasteiger partial charge on any atom is 0.254 e.